The van der Waals surface area contributed by atoms with Crippen molar-refractivity contribution in [1.29, 1.82) is 0 Å². The number of carbonyl (C=O) groups excluding carboxylic acids is 1. The van der Waals surface area contributed by atoms with E-state index in [1.54, 1.807) is 0 Å². The summed E-state index contributed by atoms with van der Waals surface area (Å²) < 4.78 is 1.95. The van der Waals surface area contributed by atoms with Crippen molar-refractivity contribution in [1.82, 2.24) is 9.99 Å². The molecule has 0 radical (unpaired) electrons. The molecule has 0 aliphatic heterocycles. The van der Waals surface area contributed by atoms with Crippen LogP contribution in [0.3, 0.4) is 0 Å². The molecule has 0 saturated heterocycles. The third kappa shape index (κ3) is 3.37. The van der Waals surface area contributed by atoms with Gasteiger partial charge in [0.25, 0.3) is 5.91 Å². The molecule has 1 N–H and O–H groups in total. The number of carbonyl (C=O) groups is 1. The zero-order chi connectivity index (χ0) is 18.6. The molecule has 4 nitrogen and oxygen atoms in total. The number of para-hydroxylation sites is 1. The number of aryl methyl sites for hydroxylation is 1. The molecule has 0 fully saturated rings. The Morgan fingerprint density at radius 3 is 2.00 bits per heavy atom. The maximum absolute atomic E-state index is 12.8. The van der Waals surface area contributed by atoms with Crippen molar-refractivity contribution < 1.29 is 4.79 Å². The van der Waals surface area contributed by atoms with Gasteiger partial charge in [-0.3, -0.25) is 4.79 Å². The summed E-state index contributed by atoms with van der Waals surface area (Å²) >= 11 is 0. The minimum absolute atomic E-state index is 0.226. The Labute approximate surface area is 157 Å². The average molecular weight is 353 g/mol. The van der Waals surface area contributed by atoms with Gasteiger partial charge in [-0.05, 0) is 6.07 Å². The highest BCUT2D eigenvalue weighted by Gasteiger charge is 2.14. The lowest BCUT2D eigenvalue weighted by molar-refractivity contribution is 0.0956. The lowest BCUT2D eigenvalue weighted by atomic mass is 10.0. The molecule has 0 atom stereocenters. The minimum atomic E-state index is -0.226. The molecule has 132 valence electrons. The van der Waals surface area contributed by atoms with Crippen molar-refractivity contribution in [2.24, 2.45) is 12.1 Å². The van der Waals surface area contributed by atoms with E-state index in [2.05, 4.69) is 10.5 Å². The van der Waals surface area contributed by atoms with E-state index < -0.39 is 0 Å². The summed E-state index contributed by atoms with van der Waals surface area (Å²) in [6, 6.07) is 27.5. The van der Waals surface area contributed by atoms with Gasteiger partial charge in [0.2, 0.25) is 0 Å². The number of hydrazone groups is 1. The summed E-state index contributed by atoms with van der Waals surface area (Å²) in [7, 11) is 1.93. The molecule has 0 saturated carbocycles. The van der Waals surface area contributed by atoms with Crippen molar-refractivity contribution in [3.05, 3.63) is 108 Å². The molecule has 0 aliphatic rings. The smallest absolute Gasteiger partial charge is 0.273 e. The third-order valence-corrected chi connectivity index (χ3v) is 4.51. The maximum Gasteiger partial charge on any atom is 0.273 e. The van der Waals surface area contributed by atoms with E-state index in [0.29, 0.717) is 5.56 Å². The van der Waals surface area contributed by atoms with Gasteiger partial charge >= 0.3 is 0 Å². The van der Waals surface area contributed by atoms with Crippen molar-refractivity contribution >= 4 is 22.5 Å². The van der Waals surface area contributed by atoms with Gasteiger partial charge < -0.3 is 4.57 Å². The number of hydrogen-bond donors (Lipinski definition) is 1. The van der Waals surface area contributed by atoms with Crippen LogP contribution >= 0.6 is 0 Å². The Bertz CT molecular complexity index is 1070. The zero-order valence-electron chi connectivity index (χ0n) is 15.0. The van der Waals surface area contributed by atoms with Crippen molar-refractivity contribution in [2.75, 3.05) is 0 Å². The molecule has 0 aliphatic carbocycles. The number of rotatable bonds is 4. The second-order valence-electron chi connectivity index (χ2n) is 6.30. The summed E-state index contributed by atoms with van der Waals surface area (Å²) in [5.74, 6) is -0.226. The van der Waals surface area contributed by atoms with Gasteiger partial charge in [-0.15, -0.1) is 0 Å². The summed E-state index contributed by atoms with van der Waals surface area (Å²) in [6.07, 6.45) is 1.83. The monoisotopic (exact) mass is 353 g/mol. The third-order valence-electron chi connectivity index (χ3n) is 4.51. The van der Waals surface area contributed by atoms with Gasteiger partial charge in [0.15, 0.2) is 0 Å². The molecule has 1 heterocycles. The number of benzene rings is 3. The SMILES string of the molecule is Cn1cc(C(=O)NN=C(c2ccccc2)c2ccccc2)c2ccccc21. The molecule has 0 unspecified atom stereocenters. The summed E-state index contributed by atoms with van der Waals surface area (Å²) in [4.78, 5) is 12.8. The second kappa shape index (κ2) is 7.30. The van der Waals surface area contributed by atoms with E-state index in [-0.39, 0.29) is 5.91 Å². The van der Waals surface area contributed by atoms with Crippen LogP contribution in [0.4, 0.5) is 0 Å². The maximum atomic E-state index is 12.8. The molecule has 4 aromatic rings. The summed E-state index contributed by atoms with van der Waals surface area (Å²) in [5.41, 5.74) is 6.98. The second-order valence-corrected chi connectivity index (χ2v) is 6.30. The minimum Gasteiger partial charge on any atom is -0.350 e. The molecule has 0 bridgehead atoms. The molecule has 0 spiro atoms. The van der Waals surface area contributed by atoms with Crippen LogP contribution in [0.15, 0.2) is 96.2 Å². The molecular weight excluding hydrogens is 334 g/mol. The fourth-order valence-corrected chi connectivity index (χ4v) is 3.18. The quantitative estimate of drug-likeness (QED) is 0.430. The Morgan fingerprint density at radius 2 is 1.37 bits per heavy atom. The van der Waals surface area contributed by atoms with Gasteiger partial charge in [-0.25, -0.2) is 5.43 Å². The summed E-state index contributed by atoms with van der Waals surface area (Å²) in [5, 5.41) is 5.38. The van der Waals surface area contributed by atoms with Gasteiger partial charge in [0.1, 0.15) is 0 Å². The van der Waals surface area contributed by atoms with Gasteiger partial charge in [-0.1, -0.05) is 78.9 Å². The van der Waals surface area contributed by atoms with Crippen LogP contribution in [-0.4, -0.2) is 16.2 Å². The summed E-state index contributed by atoms with van der Waals surface area (Å²) in [6.45, 7) is 0. The van der Waals surface area contributed by atoms with Crippen molar-refractivity contribution in [3.63, 3.8) is 0 Å². The van der Waals surface area contributed by atoms with Gasteiger partial charge in [-0.2, -0.15) is 5.10 Å². The van der Waals surface area contributed by atoms with E-state index in [0.717, 1.165) is 27.7 Å². The van der Waals surface area contributed by atoms with Crippen LogP contribution in [0.1, 0.15) is 21.5 Å². The first-order valence-corrected chi connectivity index (χ1v) is 8.77. The van der Waals surface area contributed by atoms with Crippen molar-refractivity contribution in [2.45, 2.75) is 0 Å². The van der Waals surface area contributed by atoms with Crippen LogP contribution < -0.4 is 5.43 Å². The molecule has 27 heavy (non-hydrogen) atoms. The van der Waals surface area contributed by atoms with Crippen LogP contribution in [0.25, 0.3) is 10.9 Å². The molecule has 3 aromatic carbocycles. The Hall–Kier alpha value is -3.66. The first-order valence-electron chi connectivity index (χ1n) is 8.77. The van der Waals surface area contributed by atoms with Crippen LogP contribution in [0.2, 0.25) is 0 Å². The first-order chi connectivity index (χ1) is 13.2. The fraction of sp³-hybridized carbons (Fsp3) is 0.0435. The topological polar surface area (TPSA) is 46.4 Å². The zero-order valence-corrected chi connectivity index (χ0v) is 15.0. The highest BCUT2D eigenvalue weighted by atomic mass is 16.2. The number of hydrogen-bond acceptors (Lipinski definition) is 2. The van der Waals surface area contributed by atoms with Crippen LogP contribution in [0.5, 0.6) is 0 Å². The fourth-order valence-electron chi connectivity index (χ4n) is 3.18. The number of amides is 1. The highest BCUT2D eigenvalue weighted by Crippen LogP contribution is 2.20. The highest BCUT2D eigenvalue weighted by molar-refractivity contribution is 6.14. The predicted octanol–water partition coefficient (Wildman–Crippen LogP) is 4.36. The van der Waals surface area contributed by atoms with Gasteiger partial charge in [0.05, 0.1) is 11.3 Å². The number of nitrogens with one attached hydrogen (secondary N) is 1. The molecular formula is C23H19N3O. The van der Waals surface area contributed by atoms with E-state index in [1.165, 1.54) is 0 Å². The molecule has 1 amide bonds. The first kappa shape index (κ1) is 16.8. The van der Waals surface area contributed by atoms with E-state index in [1.807, 2.05) is 103 Å². The molecule has 4 rings (SSSR count). The van der Waals surface area contributed by atoms with E-state index >= 15 is 0 Å². The number of aromatic nitrogens is 1. The van der Waals surface area contributed by atoms with Crippen LogP contribution in [-0.2, 0) is 7.05 Å². The van der Waals surface area contributed by atoms with Gasteiger partial charge in [0, 0.05) is 35.3 Å². The van der Waals surface area contributed by atoms with E-state index in [9.17, 15) is 4.79 Å². The molecule has 4 heteroatoms. The Kier molecular flexibility index (Phi) is 4.54. The van der Waals surface area contributed by atoms with Crippen LogP contribution in [0, 0.1) is 0 Å². The lowest BCUT2D eigenvalue weighted by Gasteiger charge is -2.08. The van der Waals surface area contributed by atoms with E-state index in [4.69, 9.17) is 0 Å². The largest absolute Gasteiger partial charge is 0.350 e. The normalized spacial score (nSPS) is 10.6. The number of nitrogens with zero attached hydrogens (tertiary/aromatic N) is 2. The predicted molar refractivity (Wildman–Crippen MR) is 109 cm³/mol. The number of fused-ring (bicyclic) bond motifs is 1. The Morgan fingerprint density at radius 1 is 0.815 bits per heavy atom. The Balaban J connectivity index is 1.70. The lowest BCUT2D eigenvalue weighted by Crippen LogP contribution is -2.20. The van der Waals surface area contributed by atoms with Crippen molar-refractivity contribution in [3.8, 4) is 0 Å². The molecule has 1 aromatic heterocycles. The standard InChI is InChI=1S/C23H19N3O/c1-26-16-20(19-14-8-9-15-21(19)26)23(27)25-24-22(17-10-4-2-5-11-17)18-12-6-3-7-13-18/h2-16H,1H3,(H,25,27). The average Bonchev–Trinajstić information content (AvgIpc) is 3.07.